The molecule has 1 unspecified atom stereocenters. The van der Waals surface area contributed by atoms with E-state index in [-0.39, 0.29) is 17.2 Å². The van der Waals surface area contributed by atoms with Crippen LogP contribution < -0.4 is 4.90 Å². The van der Waals surface area contributed by atoms with Gasteiger partial charge in [-0.25, -0.2) is 0 Å². The minimum atomic E-state index is -0.234. The summed E-state index contributed by atoms with van der Waals surface area (Å²) >= 11 is 13.0. The first-order valence-electron chi connectivity index (χ1n) is 15.1. The summed E-state index contributed by atoms with van der Waals surface area (Å²) in [5.74, 6) is 0.585. The standard InChI is InChI=1S/C35H41Cl2N3O2/c1-26(41)38(2)35(29-15-7-4-8-16-29)19-23-39(24-20-35)21-9-11-27-12-10-22-40(25-27)31-18-17-30(36)33(37)32(31)34(42)28-13-5-3-6-14-28/h3-8,13-18,27H,9-12,19-25H2,1-2H3. The molecule has 42 heavy (non-hydrogen) atoms. The Morgan fingerprint density at radius 1 is 0.929 bits per heavy atom. The number of ketones is 1. The zero-order valence-electron chi connectivity index (χ0n) is 24.7. The van der Waals surface area contributed by atoms with Crippen molar-refractivity contribution in [3.63, 3.8) is 0 Å². The third kappa shape index (κ3) is 6.54. The Morgan fingerprint density at radius 3 is 2.26 bits per heavy atom. The summed E-state index contributed by atoms with van der Waals surface area (Å²) in [6.45, 7) is 6.52. The van der Waals surface area contributed by atoms with E-state index < -0.39 is 0 Å². The number of amides is 1. The molecular formula is C35H41Cl2N3O2. The van der Waals surface area contributed by atoms with Gasteiger partial charge in [-0.05, 0) is 68.7 Å². The second kappa shape index (κ2) is 13.6. The van der Waals surface area contributed by atoms with Crippen LogP contribution in [0.1, 0.15) is 66.9 Å². The van der Waals surface area contributed by atoms with Crippen LogP contribution in [0.3, 0.4) is 0 Å². The molecule has 0 radical (unpaired) electrons. The highest BCUT2D eigenvalue weighted by atomic mass is 35.5. The summed E-state index contributed by atoms with van der Waals surface area (Å²) in [5.41, 5.74) is 3.00. The van der Waals surface area contributed by atoms with Crippen molar-refractivity contribution < 1.29 is 9.59 Å². The summed E-state index contributed by atoms with van der Waals surface area (Å²) in [7, 11) is 1.95. The molecule has 3 aromatic rings. The van der Waals surface area contributed by atoms with Gasteiger partial charge >= 0.3 is 0 Å². The number of benzene rings is 3. The maximum absolute atomic E-state index is 13.5. The molecule has 5 rings (SSSR count). The van der Waals surface area contributed by atoms with Crippen LogP contribution >= 0.6 is 23.2 Å². The lowest BCUT2D eigenvalue weighted by Gasteiger charge is -2.47. The second-order valence-electron chi connectivity index (χ2n) is 11.9. The lowest BCUT2D eigenvalue weighted by atomic mass is 9.79. The molecule has 1 atom stereocenters. The lowest BCUT2D eigenvalue weighted by Crippen LogP contribution is -2.53. The quantitative estimate of drug-likeness (QED) is 0.234. The molecule has 0 aromatic heterocycles. The average molecular weight is 607 g/mol. The van der Waals surface area contributed by atoms with Gasteiger partial charge in [0.2, 0.25) is 5.91 Å². The maximum atomic E-state index is 13.5. The minimum Gasteiger partial charge on any atom is -0.371 e. The zero-order valence-corrected chi connectivity index (χ0v) is 26.2. The highest BCUT2D eigenvalue weighted by molar-refractivity contribution is 6.45. The number of carbonyl (C=O) groups excluding carboxylic acids is 2. The minimum absolute atomic E-state index is 0.0904. The Labute approximate surface area is 260 Å². The molecule has 2 aliphatic heterocycles. The first-order chi connectivity index (χ1) is 20.3. The molecule has 2 saturated heterocycles. The van der Waals surface area contributed by atoms with E-state index in [0.717, 1.165) is 70.5 Å². The van der Waals surface area contributed by atoms with Crippen LogP contribution in [-0.4, -0.2) is 61.3 Å². The van der Waals surface area contributed by atoms with Gasteiger partial charge in [-0.1, -0.05) is 83.9 Å². The zero-order chi connectivity index (χ0) is 29.7. The van der Waals surface area contributed by atoms with E-state index in [0.29, 0.717) is 27.1 Å². The smallest absolute Gasteiger partial charge is 0.219 e. The third-order valence-electron chi connectivity index (χ3n) is 9.39. The van der Waals surface area contributed by atoms with Gasteiger partial charge < -0.3 is 14.7 Å². The SMILES string of the molecule is CC(=O)N(C)C1(c2ccccc2)CCN(CCCC2CCCN(c3ccc(Cl)c(Cl)c3C(=O)c3ccccc3)C2)CC1. The van der Waals surface area contributed by atoms with E-state index >= 15 is 0 Å². The molecule has 222 valence electrons. The maximum Gasteiger partial charge on any atom is 0.219 e. The van der Waals surface area contributed by atoms with E-state index in [4.69, 9.17) is 23.2 Å². The molecule has 0 bridgehead atoms. The van der Waals surface area contributed by atoms with Crippen LogP contribution in [0.5, 0.6) is 0 Å². The van der Waals surface area contributed by atoms with Gasteiger partial charge in [0.25, 0.3) is 0 Å². The number of hydrogen-bond donors (Lipinski definition) is 0. The van der Waals surface area contributed by atoms with Gasteiger partial charge in [0.15, 0.2) is 5.78 Å². The van der Waals surface area contributed by atoms with E-state index in [1.807, 2.05) is 54.4 Å². The fourth-order valence-corrected chi connectivity index (χ4v) is 7.29. The van der Waals surface area contributed by atoms with E-state index in [2.05, 4.69) is 34.1 Å². The number of piperidine rings is 2. The van der Waals surface area contributed by atoms with Gasteiger partial charge in [-0.2, -0.15) is 0 Å². The van der Waals surface area contributed by atoms with Crippen LogP contribution in [0, 0.1) is 5.92 Å². The summed E-state index contributed by atoms with van der Waals surface area (Å²) in [6.07, 6.45) is 6.45. The molecule has 2 heterocycles. The number of anilines is 1. The molecule has 0 aliphatic carbocycles. The van der Waals surface area contributed by atoms with Gasteiger partial charge in [-0.3, -0.25) is 9.59 Å². The molecule has 5 nitrogen and oxygen atoms in total. The predicted molar refractivity (Wildman–Crippen MR) is 173 cm³/mol. The summed E-state index contributed by atoms with van der Waals surface area (Å²) in [4.78, 5) is 32.8. The van der Waals surface area contributed by atoms with Crippen molar-refractivity contribution in [3.8, 4) is 0 Å². The molecule has 3 aromatic carbocycles. The van der Waals surface area contributed by atoms with Gasteiger partial charge in [0, 0.05) is 51.4 Å². The molecule has 0 saturated carbocycles. The Hall–Kier alpha value is -2.86. The van der Waals surface area contributed by atoms with Crippen LogP contribution in [0.4, 0.5) is 5.69 Å². The third-order valence-corrected chi connectivity index (χ3v) is 10.2. The normalized spacial score (nSPS) is 19.0. The number of carbonyl (C=O) groups is 2. The summed E-state index contributed by atoms with van der Waals surface area (Å²) in [5, 5.41) is 0.734. The molecule has 1 amide bonds. The molecule has 7 heteroatoms. The number of rotatable bonds is 9. The van der Waals surface area contributed by atoms with E-state index in [1.165, 1.54) is 12.0 Å². The Morgan fingerprint density at radius 2 is 1.60 bits per heavy atom. The number of nitrogens with zero attached hydrogens (tertiary/aromatic N) is 3. The Bertz CT molecular complexity index is 1370. The summed E-state index contributed by atoms with van der Waals surface area (Å²) in [6, 6.07) is 23.6. The topological polar surface area (TPSA) is 43.9 Å². The fourth-order valence-electron chi connectivity index (χ4n) is 6.89. The van der Waals surface area contributed by atoms with Crippen LogP contribution in [-0.2, 0) is 10.3 Å². The molecule has 0 spiro atoms. The van der Waals surface area contributed by atoms with E-state index in [9.17, 15) is 9.59 Å². The van der Waals surface area contributed by atoms with Gasteiger partial charge in [0.05, 0.1) is 21.1 Å². The van der Waals surface area contributed by atoms with Crippen molar-refractivity contribution in [2.45, 2.75) is 51.0 Å². The highest BCUT2D eigenvalue weighted by Crippen LogP contribution is 2.39. The van der Waals surface area contributed by atoms with Gasteiger partial charge in [-0.15, -0.1) is 0 Å². The number of likely N-dealkylation sites (tertiary alicyclic amines) is 1. The number of halogens is 2. The molecule has 2 aliphatic rings. The fraction of sp³-hybridized carbons (Fsp3) is 0.429. The monoisotopic (exact) mass is 605 g/mol. The second-order valence-corrected chi connectivity index (χ2v) is 12.6. The van der Waals surface area contributed by atoms with Crippen molar-refractivity contribution in [2.24, 2.45) is 5.92 Å². The van der Waals surface area contributed by atoms with Crippen molar-refractivity contribution in [2.75, 3.05) is 44.7 Å². The first-order valence-corrected chi connectivity index (χ1v) is 15.9. The Balaban J connectivity index is 1.20. The molecule has 0 N–H and O–H groups in total. The molecular weight excluding hydrogens is 565 g/mol. The molecule has 2 fully saturated rings. The predicted octanol–water partition coefficient (Wildman–Crippen LogP) is 7.69. The van der Waals surface area contributed by atoms with Crippen molar-refractivity contribution >= 4 is 40.6 Å². The van der Waals surface area contributed by atoms with Crippen LogP contribution in [0.15, 0.2) is 72.8 Å². The average Bonchev–Trinajstić information content (AvgIpc) is 3.03. The lowest BCUT2D eigenvalue weighted by molar-refractivity contribution is -0.136. The highest BCUT2D eigenvalue weighted by Gasteiger charge is 2.40. The Kier molecular flexibility index (Phi) is 9.92. The largest absolute Gasteiger partial charge is 0.371 e. The van der Waals surface area contributed by atoms with Crippen molar-refractivity contribution in [3.05, 3.63) is 99.5 Å². The first kappa shape index (κ1) is 30.6. The number of hydrogen-bond acceptors (Lipinski definition) is 4. The van der Waals surface area contributed by atoms with Crippen LogP contribution in [0.25, 0.3) is 0 Å². The van der Waals surface area contributed by atoms with Crippen molar-refractivity contribution in [1.82, 2.24) is 9.80 Å². The summed E-state index contributed by atoms with van der Waals surface area (Å²) < 4.78 is 0. The van der Waals surface area contributed by atoms with Crippen LogP contribution in [0.2, 0.25) is 10.0 Å². The van der Waals surface area contributed by atoms with Gasteiger partial charge in [0.1, 0.15) is 0 Å². The van der Waals surface area contributed by atoms with E-state index in [1.54, 1.807) is 13.0 Å². The van der Waals surface area contributed by atoms with Crippen molar-refractivity contribution in [1.29, 1.82) is 0 Å².